The molecule has 4 rings (SSSR count). The smallest absolute Gasteiger partial charge is 0.227 e. The van der Waals surface area contributed by atoms with E-state index in [0.29, 0.717) is 31.0 Å². The minimum absolute atomic E-state index is 0.0465. The molecule has 1 fully saturated rings. The molecule has 1 unspecified atom stereocenters. The van der Waals surface area contributed by atoms with Gasteiger partial charge in [-0.05, 0) is 49.9 Å². The molecule has 9 heteroatoms. The van der Waals surface area contributed by atoms with E-state index in [1.165, 1.54) is 5.56 Å². The number of benzene rings is 1. The Bertz CT molecular complexity index is 1120. The van der Waals surface area contributed by atoms with Gasteiger partial charge in [-0.15, -0.1) is 0 Å². The van der Waals surface area contributed by atoms with Crippen LogP contribution in [0, 0.1) is 13.8 Å². The van der Waals surface area contributed by atoms with Gasteiger partial charge in [0, 0.05) is 24.3 Å². The highest BCUT2D eigenvalue weighted by molar-refractivity contribution is 7.91. The summed E-state index contributed by atoms with van der Waals surface area (Å²) in [4.78, 5) is 15.0. The van der Waals surface area contributed by atoms with Gasteiger partial charge in [-0.25, -0.2) is 8.42 Å². The van der Waals surface area contributed by atoms with Gasteiger partial charge in [-0.1, -0.05) is 0 Å². The highest BCUT2D eigenvalue weighted by Gasteiger charge is 2.32. The molecule has 1 aromatic carbocycles. The van der Waals surface area contributed by atoms with Crippen molar-refractivity contribution in [3.05, 3.63) is 40.2 Å². The molecule has 1 saturated heterocycles. The molecule has 0 radical (unpaired) electrons. The number of amides is 1. The van der Waals surface area contributed by atoms with Gasteiger partial charge in [-0.2, -0.15) is 5.10 Å². The number of aryl methyl sites for hydroxylation is 1. The van der Waals surface area contributed by atoms with Crippen LogP contribution in [0.25, 0.3) is 0 Å². The number of nitrogens with zero attached hydrogens (tertiary/aromatic N) is 3. The zero-order valence-corrected chi connectivity index (χ0v) is 19.3. The molecule has 168 valence electrons. The van der Waals surface area contributed by atoms with Crippen molar-refractivity contribution in [3.63, 3.8) is 0 Å². The van der Waals surface area contributed by atoms with Crippen molar-refractivity contribution < 1.29 is 22.7 Å². The van der Waals surface area contributed by atoms with Crippen LogP contribution in [0.2, 0.25) is 0 Å². The molecule has 2 aliphatic heterocycles. The maximum Gasteiger partial charge on any atom is 0.227 e. The number of carbonyl (C=O) groups excluding carboxylic acids is 1. The molecule has 3 heterocycles. The summed E-state index contributed by atoms with van der Waals surface area (Å²) in [7, 11) is 0.227. The Balaban J connectivity index is 1.51. The Kier molecular flexibility index (Phi) is 5.72. The van der Waals surface area contributed by atoms with Gasteiger partial charge in [0.2, 0.25) is 5.91 Å². The summed E-state index contributed by atoms with van der Waals surface area (Å²) in [6, 6.07) is 3.80. The summed E-state index contributed by atoms with van der Waals surface area (Å²) < 4.78 is 36.3. The first-order valence-corrected chi connectivity index (χ1v) is 12.3. The van der Waals surface area contributed by atoms with Gasteiger partial charge < -0.3 is 14.4 Å². The van der Waals surface area contributed by atoms with Gasteiger partial charge in [0.05, 0.1) is 43.9 Å². The number of sulfone groups is 1. The van der Waals surface area contributed by atoms with Crippen LogP contribution in [-0.2, 0) is 34.0 Å². The zero-order valence-electron chi connectivity index (χ0n) is 18.5. The van der Waals surface area contributed by atoms with Crippen molar-refractivity contribution in [2.45, 2.75) is 45.7 Å². The molecule has 0 saturated carbocycles. The maximum atomic E-state index is 13.1. The average Bonchev–Trinajstić information content (AvgIpc) is 3.25. The topological polar surface area (TPSA) is 90.7 Å². The van der Waals surface area contributed by atoms with Crippen LogP contribution in [0.5, 0.6) is 11.5 Å². The summed E-state index contributed by atoms with van der Waals surface area (Å²) in [5.41, 5.74) is 4.81. The Hall–Kier alpha value is -2.55. The van der Waals surface area contributed by atoms with E-state index in [-0.39, 0.29) is 29.9 Å². The number of methoxy groups -OCH3 is 2. The molecular formula is C22H29N3O5S. The highest BCUT2D eigenvalue weighted by atomic mass is 32.2. The lowest BCUT2D eigenvalue weighted by atomic mass is 9.98. The lowest BCUT2D eigenvalue weighted by molar-refractivity contribution is -0.131. The first kappa shape index (κ1) is 21.7. The fraction of sp³-hybridized carbons (Fsp3) is 0.545. The summed E-state index contributed by atoms with van der Waals surface area (Å²) in [5, 5.41) is 4.58. The minimum Gasteiger partial charge on any atom is -0.493 e. The third kappa shape index (κ3) is 4.15. The normalized spacial score (nSPS) is 19.9. The second-order valence-electron chi connectivity index (χ2n) is 8.37. The van der Waals surface area contributed by atoms with E-state index in [1.54, 1.807) is 14.2 Å². The van der Waals surface area contributed by atoms with E-state index in [9.17, 15) is 13.2 Å². The number of fused-ring (bicyclic) bond motifs is 1. The second kappa shape index (κ2) is 8.18. The third-order valence-electron chi connectivity index (χ3n) is 6.43. The van der Waals surface area contributed by atoms with Crippen molar-refractivity contribution in [2.24, 2.45) is 0 Å². The Morgan fingerprint density at radius 2 is 1.84 bits per heavy atom. The van der Waals surface area contributed by atoms with Gasteiger partial charge in [0.25, 0.3) is 0 Å². The van der Waals surface area contributed by atoms with Crippen molar-refractivity contribution >= 4 is 15.7 Å². The molecule has 0 bridgehead atoms. The number of carbonyl (C=O) groups is 1. The van der Waals surface area contributed by atoms with E-state index < -0.39 is 9.84 Å². The molecular weight excluding hydrogens is 418 g/mol. The zero-order chi connectivity index (χ0) is 22.3. The average molecular weight is 448 g/mol. The maximum absolute atomic E-state index is 13.1. The molecule has 1 amide bonds. The van der Waals surface area contributed by atoms with Gasteiger partial charge >= 0.3 is 0 Å². The quantitative estimate of drug-likeness (QED) is 0.696. The standard InChI is InChI=1S/C22H29N3O5S/c1-14-19(15(2)25(23-14)18-6-8-31(27,28)13-18)11-22(26)24-7-5-16-9-20(29-3)21(30-4)10-17(16)12-24/h9-10,18H,5-8,11-13H2,1-4H3. The lowest BCUT2D eigenvalue weighted by Crippen LogP contribution is -2.37. The fourth-order valence-corrected chi connectivity index (χ4v) is 6.33. The SMILES string of the molecule is COc1cc2c(cc1OC)CN(C(=O)Cc1c(C)nn(C3CCS(=O)(=O)C3)c1C)CC2. The van der Waals surface area contributed by atoms with Crippen LogP contribution in [0.4, 0.5) is 0 Å². The van der Waals surface area contributed by atoms with Crippen LogP contribution in [0.3, 0.4) is 0 Å². The molecule has 8 nitrogen and oxygen atoms in total. The van der Waals surface area contributed by atoms with E-state index >= 15 is 0 Å². The van der Waals surface area contributed by atoms with E-state index in [1.807, 2.05) is 35.6 Å². The van der Waals surface area contributed by atoms with Crippen LogP contribution >= 0.6 is 0 Å². The van der Waals surface area contributed by atoms with E-state index in [0.717, 1.165) is 28.9 Å². The van der Waals surface area contributed by atoms with Crippen LogP contribution in [0.1, 0.15) is 40.5 Å². The largest absolute Gasteiger partial charge is 0.493 e. The minimum atomic E-state index is -3.00. The number of ether oxygens (including phenoxy) is 2. The summed E-state index contributed by atoms with van der Waals surface area (Å²) in [6.45, 7) is 4.99. The van der Waals surface area contributed by atoms with Crippen molar-refractivity contribution in [2.75, 3.05) is 32.3 Å². The van der Waals surface area contributed by atoms with Gasteiger partial charge in [-0.3, -0.25) is 9.48 Å². The second-order valence-corrected chi connectivity index (χ2v) is 10.6. The summed E-state index contributed by atoms with van der Waals surface area (Å²) in [5.74, 6) is 1.73. The highest BCUT2D eigenvalue weighted by Crippen LogP contribution is 2.33. The fourth-order valence-electron chi connectivity index (χ4n) is 4.64. The molecule has 1 aromatic heterocycles. The third-order valence-corrected chi connectivity index (χ3v) is 8.18. The number of aromatic nitrogens is 2. The van der Waals surface area contributed by atoms with Crippen molar-refractivity contribution in [1.82, 2.24) is 14.7 Å². The van der Waals surface area contributed by atoms with E-state index in [4.69, 9.17) is 9.47 Å². The van der Waals surface area contributed by atoms with Crippen LogP contribution < -0.4 is 9.47 Å². The molecule has 0 spiro atoms. The van der Waals surface area contributed by atoms with Crippen LogP contribution in [0.15, 0.2) is 12.1 Å². The molecule has 2 aliphatic rings. The first-order chi connectivity index (χ1) is 14.7. The Labute approximate surface area is 183 Å². The summed E-state index contributed by atoms with van der Waals surface area (Å²) >= 11 is 0. The van der Waals surface area contributed by atoms with E-state index in [2.05, 4.69) is 5.10 Å². The molecule has 31 heavy (non-hydrogen) atoms. The molecule has 0 aliphatic carbocycles. The number of hydrogen-bond acceptors (Lipinski definition) is 6. The monoisotopic (exact) mass is 447 g/mol. The molecule has 0 N–H and O–H groups in total. The van der Waals surface area contributed by atoms with Crippen LogP contribution in [-0.4, -0.2) is 61.3 Å². The number of rotatable bonds is 5. The summed E-state index contributed by atoms with van der Waals surface area (Å²) in [6.07, 6.45) is 1.60. The Morgan fingerprint density at radius 1 is 1.16 bits per heavy atom. The van der Waals surface area contributed by atoms with Crippen molar-refractivity contribution in [1.29, 1.82) is 0 Å². The van der Waals surface area contributed by atoms with Gasteiger partial charge in [0.15, 0.2) is 21.3 Å². The predicted molar refractivity (Wildman–Crippen MR) is 116 cm³/mol. The van der Waals surface area contributed by atoms with Crippen molar-refractivity contribution in [3.8, 4) is 11.5 Å². The predicted octanol–water partition coefficient (Wildman–Crippen LogP) is 2.00. The number of hydrogen-bond donors (Lipinski definition) is 0. The lowest BCUT2D eigenvalue weighted by Gasteiger charge is -2.30. The molecule has 1 atom stereocenters. The first-order valence-electron chi connectivity index (χ1n) is 10.5. The van der Waals surface area contributed by atoms with Gasteiger partial charge in [0.1, 0.15) is 0 Å². The Morgan fingerprint density at radius 3 is 2.45 bits per heavy atom. The molecule has 2 aromatic rings.